The highest BCUT2D eigenvalue weighted by molar-refractivity contribution is 7.44. The Labute approximate surface area is 180 Å². The molecule has 8 nitrogen and oxygen atoms in total. The number of hydrogen-bond acceptors (Lipinski definition) is 6. The van der Waals surface area contributed by atoms with Crippen molar-refractivity contribution in [3.05, 3.63) is 39.4 Å². The van der Waals surface area contributed by atoms with Crippen molar-refractivity contribution < 1.29 is 19.5 Å². The minimum atomic E-state index is -1.71. The van der Waals surface area contributed by atoms with Gasteiger partial charge in [0.25, 0.3) is 8.53 Å². The molecular formula is C20H32FN4O4P. The Kier molecular flexibility index (Phi) is 8.32. The molecule has 1 fully saturated rings. The van der Waals surface area contributed by atoms with Crippen molar-refractivity contribution in [1.82, 2.24) is 14.2 Å². The second kappa shape index (κ2) is 10.7. The van der Waals surface area contributed by atoms with Crippen molar-refractivity contribution in [2.24, 2.45) is 0 Å². The lowest BCUT2D eigenvalue weighted by Gasteiger charge is -2.37. The fourth-order valence-corrected chi connectivity index (χ4v) is 5.02. The van der Waals surface area contributed by atoms with E-state index in [0.717, 1.165) is 10.1 Å². The molecule has 2 heterocycles. The van der Waals surface area contributed by atoms with Crippen LogP contribution in [0.1, 0.15) is 53.5 Å². The molecule has 1 aromatic heterocycles. The number of aromatic nitrogens is 2. The Balaban J connectivity index is 2.32. The molecule has 1 aliphatic heterocycles. The van der Waals surface area contributed by atoms with Crippen LogP contribution in [0.2, 0.25) is 0 Å². The lowest BCUT2D eigenvalue weighted by Crippen LogP contribution is -2.38. The van der Waals surface area contributed by atoms with E-state index in [1.807, 2.05) is 32.4 Å². The molecule has 0 N–H and O–H groups in total. The van der Waals surface area contributed by atoms with Gasteiger partial charge in [0.15, 0.2) is 12.4 Å². The van der Waals surface area contributed by atoms with Gasteiger partial charge in [-0.15, -0.1) is 0 Å². The topological polar surface area (TPSA) is 70.2 Å². The van der Waals surface area contributed by atoms with E-state index in [-0.39, 0.29) is 32.1 Å². The van der Waals surface area contributed by atoms with Crippen LogP contribution in [0.5, 0.6) is 0 Å². The van der Waals surface area contributed by atoms with Crippen LogP contribution in [-0.2, 0) is 13.8 Å². The fraction of sp³-hybridized carbons (Fsp3) is 0.750. The normalized spacial score (nSPS) is 25.7. The zero-order valence-corrected chi connectivity index (χ0v) is 19.3. The summed E-state index contributed by atoms with van der Waals surface area (Å²) in [4.78, 5) is 19.6. The Morgan fingerprint density at radius 2 is 2.10 bits per heavy atom. The molecule has 30 heavy (non-hydrogen) atoms. The third kappa shape index (κ3) is 5.63. The number of ether oxygens (including phenoxy) is 1. The van der Waals surface area contributed by atoms with Crippen LogP contribution in [0.4, 0.5) is 4.39 Å². The molecule has 0 amide bonds. The first kappa shape index (κ1) is 23.2. The average molecular weight is 443 g/mol. The van der Waals surface area contributed by atoms with Crippen LogP contribution in [0.15, 0.2) is 11.0 Å². The number of aryl methyl sites for hydroxylation is 2. The van der Waals surface area contributed by atoms with Gasteiger partial charge < -0.3 is 18.6 Å². The molecule has 0 aliphatic carbocycles. The fourth-order valence-electron chi connectivity index (χ4n) is 3.27. The summed E-state index contributed by atoms with van der Waals surface area (Å²) in [5, 5.41) is 0. The van der Waals surface area contributed by atoms with Gasteiger partial charge in [-0.1, -0.05) is 0 Å². The van der Waals surface area contributed by atoms with Crippen LogP contribution in [-0.4, -0.2) is 57.8 Å². The molecule has 1 saturated heterocycles. The maximum atomic E-state index is 15.6. The summed E-state index contributed by atoms with van der Waals surface area (Å²) in [7, 11) is -1.71. The van der Waals surface area contributed by atoms with E-state index in [0.29, 0.717) is 5.69 Å². The van der Waals surface area contributed by atoms with Crippen molar-refractivity contribution in [3.8, 4) is 0 Å². The summed E-state index contributed by atoms with van der Waals surface area (Å²) >= 11 is 0. The Morgan fingerprint density at radius 3 is 2.67 bits per heavy atom. The van der Waals surface area contributed by atoms with Crippen LogP contribution in [0.3, 0.4) is 0 Å². The van der Waals surface area contributed by atoms with Gasteiger partial charge in [-0.3, -0.25) is 4.57 Å². The molecule has 1 aliphatic rings. The molecule has 168 valence electrons. The largest absolute Gasteiger partial charge is 0.350 e. The lowest BCUT2D eigenvalue weighted by atomic mass is 10.1. The van der Waals surface area contributed by atoms with Crippen molar-refractivity contribution in [1.29, 1.82) is 0 Å². The third-order valence-corrected chi connectivity index (χ3v) is 6.92. The van der Waals surface area contributed by atoms with Crippen molar-refractivity contribution in [3.63, 3.8) is 0 Å². The zero-order chi connectivity index (χ0) is 23.3. The van der Waals surface area contributed by atoms with E-state index in [9.17, 15) is 4.79 Å². The van der Waals surface area contributed by atoms with E-state index in [1.54, 1.807) is 13.8 Å². The highest BCUT2D eigenvalue weighted by Crippen LogP contribution is 2.50. The van der Waals surface area contributed by atoms with Gasteiger partial charge in [0, 0.05) is 25.3 Å². The molecule has 3 unspecified atom stereocenters. The van der Waals surface area contributed by atoms with Gasteiger partial charge in [0.2, 0.25) is 6.54 Å². The summed E-state index contributed by atoms with van der Waals surface area (Å²) in [6, 6.07) is 0.104. The first-order valence-electron chi connectivity index (χ1n) is 10.7. The molecule has 0 bridgehead atoms. The molecule has 2 rings (SSSR count). The minimum absolute atomic E-state index is 0.0521. The Morgan fingerprint density at radius 1 is 1.43 bits per heavy atom. The van der Waals surface area contributed by atoms with Gasteiger partial charge in [0.1, 0.15) is 12.7 Å². The van der Waals surface area contributed by atoms with Crippen molar-refractivity contribution in [2.75, 3.05) is 13.2 Å². The van der Waals surface area contributed by atoms with Crippen LogP contribution >= 0.6 is 8.53 Å². The van der Waals surface area contributed by atoms with E-state index in [2.05, 4.69) is 9.83 Å². The molecule has 5 atom stereocenters. The van der Waals surface area contributed by atoms with Gasteiger partial charge in [0.05, 0.1) is 6.10 Å². The minimum Gasteiger partial charge on any atom is -0.349 e. The third-order valence-electron chi connectivity index (χ3n) is 4.79. The molecular weight excluding hydrogens is 410 g/mol. The molecule has 10 heteroatoms. The molecule has 0 saturated carbocycles. The summed E-state index contributed by atoms with van der Waals surface area (Å²) in [5.74, 6) is 0. The number of alkyl halides is 1. The lowest BCUT2D eigenvalue weighted by molar-refractivity contribution is -0.0181. The molecule has 0 spiro atoms. The zero-order valence-electron chi connectivity index (χ0n) is 19.4. The maximum absolute atomic E-state index is 15.6. The second-order valence-electron chi connectivity index (χ2n) is 7.80. The molecule has 1 aromatic rings. The number of rotatable bonds is 9. The van der Waals surface area contributed by atoms with Gasteiger partial charge in [-0.05, 0) is 54.0 Å². The van der Waals surface area contributed by atoms with E-state index in [1.165, 1.54) is 6.20 Å². The number of nitrogens with zero attached hydrogens (tertiary/aromatic N) is 4. The van der Waals surface area contributed by atoms with E-state index < -0.39 is 38.8 Å². The SMILES string of the molecule is [2H]C[C@H]1O[C@@H](n2cc(C)c(C)nc2=O)C(F)C1OP(OCC[N+]#[C-])N(C(C)C)C(C)C. The summed E-state index contributed by atoms with van der Waals surface area (Å²) in [6.07, 6.45) is -3.35. The molecule has 0 aromatic carbocycles. The average Bonchev–Trinajstić information content (AvgIpc) is 2.99. The smallest absolute Gasteiger partial charge is 0.349 e. The predicted octanol–water partition coefficient (Wildman–Crippen LogP) is 3.78. The van der Waals surface area contributed by atoms with Gasteiger partial charge in [-0.25, -0.2) is 20.4 Å². The summed E-state index contributed by atoms with van der Waals surface area (Å²) in [6.45, 7) is 18.5. The second-order valence-corrected chi connectivity index (χ2v) is 9.21. The quantitative estimate of drug-likeness (QED) is 0.329. The first-order chi connectivity index (χ1) is 14.6. The van der Waals surface area contributed by atoms with Crippen LogP contribution in [0, 0.1) is 20.4 Å². The maximum Gasteiger partial charge on any atom is 0.350 e. The monoisotopic (exact) mass is 443 g/mol. The van der Waals surface area contributed by atoms with E-state index in [4.69, 9.17) is 21.7 Å². The molecule has 0 radical (unpaired) electrons. The predicted molar refractivity (Wildman–Crippen MR) is 114 cm³/mol. The van der Waals surface area contributed by atoms with Crippen LogP contribution in [0.25, 0.3) is 4.85 Å². The van der Waals surface area contributed by atoms with Gasteiger partial charge >= 0.3 is 5.69 Å². The van der Waals surface area contributed by atoms with Crippen molar-refractivity contribution in [2.45, 2.75) is 85.1 Å². The highest BCUT2D eigenvalue weighted by atomic mass is 31.2. The first-order valence-corrected chi connectivity index (χ1v) is 11.1. The summed E-state index contributed by atoms with van der Waals surface area (Å²) in [5.41, 5.74) is 0.695. The summed E-state index contributed by atoms with van der Waals surface area (Å²) < 4.78 is 44.2. The van der Waals surface area contributed by atoms with Crippen LogP contribution < -0.4 is 5.69 Å². The standard InChI is InChI=1S/C20H32FN4O4P/c1-12(2)25(13(3)4)30(27-10-9-22-8)29-18-16(7)28-19(17(18)21)24-11-14(5)15(6)23-20(24)26/h11-13,16-19H,9-10H2,1-7H3/t16-,17?,18?,19-,30?/m1/s1/i7D. The Hall–Kier alpha value is -1.43. The number of hydrogen-bond donors (Lipinski definition) is 0. The highest BCUT2D eigenvalue weighted by Gasteiger charge is 2.48. The van der Waals surface area contributed by atoms with E-state index >= 15 is 4.39 Å². The number of halogens is 1. The van der Waals surface area contributed by atoms with Crippen molar-refractivity contribution >= 4 is 8.53 Å². The Bertz CT molecular complexity index is 826. The van der Waals surface area contributed by atoms with Gasteiger partial charge in [-0.2, -0.15) is 4.98 Å².